The molecule has 0 aliphatic carbocycles. The maximum Gasteiger partial charge on any atom is 0.417 e. The zero-order chi connectivity index (χ0) is 15.4. The molecule has 0 spiro atoms. The number of nitrogens with zero attached hydrogens (tertiary/aromatic N) is 1. The SMILES string of the molecule is Cc1ccc2nc3c(c(C(F)(F)F)c2c1)CP(C)(=O)CC3.Cl. The van der Waals surface area contributed by atoms with Crippen LogP contribution in [0.5, 0.6) is 0 Å². The van der Waals surface area contributed by atoms with Crippen molar-refractivity contribution in [3.63, 3.8) is 0 Å². The van der Waals surface area contributed by atoms with Crippen molar-refractivity contribution in [2.75, 3.05) is 12.8 Å². The smallest absolute Gasteiger partial charge is 0.323 e. The number of aromatic nitrogens is 1. The molecule has 0 bridgehead atoms. The van der Waals surface area contributed by atoms with Gasteiger partial charge in [0.2, 0.25) is 0 Å². The quantitative estimate of drug-likeness (QED) is 0.624. The third kappa shape index (κ3) is 3.02. The highest BCUT2D eigenvalue weighted by Gasteiger charge is 2.40. The van der Waals surface area contributed by atoms with E-state index >= 15 is 0 Å². The first-order chi connectivity index (χ1) is 9.67. The minimum absolute atomic E-state index is 0. The van der Waals surface area contributed by atoms with Gasteiger partial charge in [0.25, 0.3) is 0 Å². The molecule has 1 aliphatic heterocycles. The van der Waals surface area contributed by atoms with Crippen LogP contribution in [-0.4, -0.2) is 17.8 Å². The normalized spacial score (nSPS) is 21.3. The first kappa shape index (κ1) is 17.3. The second-order valence-corrected chi connectivity index (χ2v) is 9.22. The predicted octanol–water partition coefficient (Wildman–Crippen LogP) is 5.03. The van der Waals surface area contributed by atoms with Crippen LogP contribution >= 0.6 is 19.5 Å². The van der Waals surface area contributed by atoms with Crippen LogP contribution in [0.1, 0.15) is 22.4 Å². The number of halogens is 4. The van der Waals surface area contributed by atoms with E-state index < -0.39 is 18.9 Å². The fourth-order valence-electron chi connectivity index (χ4n) is 2.92. The van der Waals surface area contributed by atoms with Crippen LogP contribution in [0.2, 0.25) is 0 Å². The molecule has 0 N–H and O–H groups in total. The molecule has 0 saturated carbocycles. The lowest BCUT2D eigenvalue weighted by atomic mass is 9.98. The first-order valence-corrected chi connectivity index (χ1v) is 9.25. The van der Waals surface area contributed by atoms with Crippen molar-refractivity contribution in [3.05, 3.63) is 40.6 Å². The highest BCUT2D eigenvalue weighted by atomic mass is 35.5. The van der Waals surface area contributed by atoms with Gasteiger partial charge in [-0.3, -0.25) is 4.98 Å². The molecule has 22 heavy (non-hydrogen) atoms. The molecule has 1 unspecified atom stereocenters. The van der Waals surface area contributed by atoms with E-state index in [9.17, 15) is 17.7 Å². The molecule has 120 valence electrons. The summed E-state index contributed by atoms with van der Waals surface area (Å²) in [4.78, 5) is 4.38. The molecular formula is C15H16ClF3NOP. The maximum absolute atomic E-state index is 13.6. The second kappa shape index (κ2) is 5.54. The summed E-state index contributed by atoms with van der Waals surface area (Å²) in [7, 11) is -2.55. The van der Waals surface area contributed by atoms with Gasteiger partial charge in [0.05, 0.1) is 18.2 Å². The van der Waals surface area contributed by atoms with Crippen LogP contribution in [0.4, 0.5) is 13.2 Å². The summed E-state index contributed by atoms with van der Waals surface area (Å²) in [5.41, 5.74) is 1.06. The molecule has 1 aromatic carbocycles. The molecule has 3 rings (SSSR count). The lowest BCUT2D eigenvalue weighted by Crippen LogP contribution is -2.18. The number of benzene rings is 1. The fraction of sp³-hybridized carbons (Fsp3) is 0.400. The fourth-order valence-corrected chi connectivity index (χ4v) is 4.78. The van der Waals surface area contributed by atoms with E-state index in [-0.39, 0.29) is 29.5 Å². The van der Waals surface area contributed by atoms with Crippen molar-refractivity contribution in [1.29, 1.82) is 0 Å². The zero-order valence-corrected chi connectivity index (χ0v) is 13.9. The summed E-state index contributed by atoms with van der Waals surface area (Å²) >= 11 is 0. The molecule has 2 heterocycles. The van der Waals surface area contributed by atoms with Gasteiger partial charge in [-0.1, -0.05) is 11.6 Å². The summed E-state index contributed by atoms with van der Waals surface area (Å²) in [5, 5.41) is 0.114. The largest absolute Gasteiger partial charge is 0.417 e. The number of alkyl halides is 3. The van der Waals surface area contributed by atoms with E-state index in [1.807, 2.05) is 0 Å². The van der Waals surface area contributed by atoms with Gasteiger partial charge in [0.15, 0.2) is 0 Å². The summed E-state index contributed by atoms with van der Waals surface area (Å²) in [6, 6.07) is 4.90. The van der Waals surface area contributed by atoms with E-state index in [2.05, 4.69) is 4.98 Å². The van der Waals surface area contributed by atoms with Gasteiger partial charge < -0.3 is 4.57 Å². The van der Waals surface area contributed by atoms with Gasteiger partial charge in [0.1, 0.15) is 0 Å². The highest BCUT2D eigenvalue weighted by molar-refractivity contribution is 7.62. The van der Waals surface area contributed by atoms with E-state index in [4.69, 9.17) is 0 Å². The average molecular weight is 350 g/mol. The molecule has 0 radical (unpaired) electrons. The molecule has 0 amide bonds. The van der Waals surface area contributed by atoms with Crippen molar-refractivity contribution in [2.24, 2.45) is 0 Å². The highest BCUT2D eigenvalue weighted by Crippen LogP contribution is 2.52. The minimum Gasteiger partial charge on any atom is -0.323 e. The molecule has 1 aliphatic rings. The monoisotopic (exact) mass is 349 g/mol. The Kier molecular flexibility index (Phi) is 4.35. The van der Waals surface area contributed by atoms with Gasteiger partial charge in [-0.15, -0.1) is 12.4 Å². The van der Waals surface area contributed by atoms with Crippen LogP contribution < -0.4 is 0 Å². The van der Waals surface area contributed by atoms with Crippen LogP contribution in [0.15, 0.2) is 18.2 Å². The Bertz CT molecular complexity index is 788. The van der Waals surface area contributed by atoms with Crippen LogP contribution in [0, 0.1) is 6.92 Å². The lowest BCUT2D eigenvalue weighted by molar-refractivity contribution is -0.136. The van der Waals surface area contributed by atoms with Gasteiger partial charge in [-0.05, 0) is 37.7 Å². The van der Waals surface area contributed by atoms with Crippen molar-refractivity contribution >= 4 is 30.5 Å². The summed E-state index contributed by atoms with van der Waals surface area (Å²) < 4.78 is 53.0. The molecule has 0 fully saturated rings. The first-order valence-electron chi connectivity index (χ1n) is 6.72. The van der Waals surface area contributed by atoms with Crippen LogP contribution in [0.3, 0.4) is 0 Å². The molecule has 2 nitrogen and oxygen atoms in total. The Balaban J connectivity index is 0.00000176. The summed E-state index contributed by atoms with van der Waals surface area (Å²) in [6.07, 6.45) is -3.68. The van der Waals surface area contributed by atoms with E-state index in [0.717, 1.165) is 5.56 Å². The zero-order valence-electron chi connectivity index (χ0n) is 12.2. The van der Waals surface area contributed by atoms with E-state index in [1.54, 1.807) is 25.7 Å². The van der Waals surface area contributed by atoms with Gasteiger partial charge >= 0.3 is 6.18 Å². The molecule has 2 aromatic rings. The second-order valence-electron chi connectivity index (χ2n) is 5.86. The van der Waals surface area contributed by atoms with Gasteiger partial charge in [-0.25, -0.2) is 0 Å². The Morgan fingerprint density at radius 3 is 2.59 bits per heavy atom. The summed E-state index contributed by atoms with van der Waals surface area (Å²) in [5.74, 6) is 0. The number of pyridine rings is 1. The lowest BCUT2D eigenvalue weighted by Gasteiger charge is -2.26. The predicted molar refractivity (Wildman–Crippen MR) is 84.5 cm³/mol. The number of rotatable bonds is 0. The van der Waals surface area contributed by atoms with Crippen LogP contribution in [-0.2, 0) is 23.3 Å². The Morgan fingerprint density at radius 2 is 1.95 bits per heavy atom. The molecular weight excluding hydrogens is 334 g/mol. The summed E-state index contributed by atoms with van der Waals surface area (Å²) in [6.45, 7) is 3.33. The Labute approximate surface area is 132 Å². The van der Waals surface area contributed by atoms with Crippen LogP contribution in [0.25, 0.3) is 10.9 Å². The molecule has 1 atom stereocenters. The maximum atomic E-state index is 13.6. The topological polar surface area (TPSA) is 30.0 Å². The molecule has 7 heteroatoms. The van der Waals surface area contributed by atoms with Crippen molar-refractivity contribution < 1.29 is 17.7 Å². The molecule has 0 saturated heterocycles. The molecule has 1 aromatic heterocycles. The van der Waals surface area contributed by atoms with Gasteiger partial charge in [0, 0.05) is 23.4 Å². The Hall–Kier alpha value is -1.06. The average Bonchev–Trinajstić information content (AvgIpc) is 2.33. The standard InChI is InChI=1S/C15H15F3NOP.ClH/c1-9-3-4-12-10(7-9)14(15(16,17)18)11-8-21(2,20)6-5-13(11)19-12;/h3-4,7H,5-6,8H2,1-2H3;1H. The van der Waals surface area contributed by atoms with E-state index in [0.29, 0.717) is 23.8 Å². The number of aryl methyl sites for hydroxylation is 2. The van der Waals surface area contributed by atoms with Crippen molar-refractivity contribution in [3.8, 4) is 0 Å². The number of fused-ring (bicyclic) bond motifs is 2. The van der Waals surface area contributed by atoms with E-state index in [1.165, 1.54) is 6.07 Å². The Morgan fingerprint density at radius 1 is 1.27 bits per heavy atom. The number of hydrogen-bond donors (Lipinski definition) is 0. The van der Waals surface area contributed by atoms with Gasteiger partial charge in [-0.2, -0.15) is 13.2 Å². The third-order valence-electron chi connectivity index (χ3n) is 3.92. The van der Waals surface area contributed by atoms with Crippen molar-refractivity contribution in [2.45, 2.75) is 25.7 Å². The minimum atomic E-state index is -4.46. The third-order valence-corrected chi connectivity index (χ3v) is 6.08. The number of hydrogen-bond acceptors (Lipinski definition) is 2. The van der Waals surface area contributed by atoms with Crippen molar-refractivity contribution in [1.82, 2.24) is 4.98 Å².